The Kier molecular flexibility index (Phi) is 7.60. The van der Waals surface area contributed by atoms with E-state index in [2.05, 4.69) is 5.32 Å². The number of ether oxygens (including phenoxy) is 3. The zero-order chi connectivity index (χ0) is 24.0. The maximum absolute atomic E-state index is 12.6. The van der Waals surface area contributed by atoms with Crippen LogP contribution in [0.15, 0.2) is 36.4 Å². The van der Waals surface area contributed by atoms with Crippen molar-refractivity contribution >= 4 is 17.7 Å². The van der Waals surface area contributed by atoms with Gasteiger partial charge < -0.3 is 34.4 Å². The number of hydrogen-bond acceptors (Lipinski definition) is 7. The van der Waals surface area contributed by atoms with Crippen molar-refractivity contribution < 1.29 is 33.7 Å². The molecule has 10 nitrogen and oxygen atoms in total. The number of methoxy groups -OCH3 is 3. The van der Waals surface area contributed by atoms with E-state index in [0.29, 0.717) is 43.4 Å². The molecule has 1 saturated heterocycles. The van der Waals surface area contributed by atoms with E-state index >= 15 is 0 Å². The van der Waals surface area contributed by atoms with E-state index in [1.165, 1.54) is 39.5 Å². The molecule has 2 aromatic carbocycles. The molecule has 3 rings (SSSR count). The summed E-state index contributed by atoms with van der Waals surface area (Å²) in [5.74, 6) is -0.0474. The summed E-state index contributed by atoms with van der Waals surface area (Å²) in [6.07, 6.45) is 0. The lowest BCUT2D eigenvalue weighted by molar-refractivity contribution is -0.131. The van der Waals surface area contributed by atoms with Crippen molar-refractivity contribution in [2.24, 2.45) is 0 Å². The number of carbonyl (C=O) groups is 3. The second-order valence-electron chi connectivity index (χ2n) is 7.29. The molecule has 3 amide bonds. The summed E-state index contributed by atoms with van der Waals surface area (Å²) in [6.45, 7) is 1.14. The number of hydrogen-bond donors (Lipinski definition) is 2. The first-order chi connectivity index (χ1) is 15.9. The number of phenolic OH excluding ortho intramolecular Hbond substituents is 1. The number of nitrogens with zero attached hydrogens (tertiary/aromatic N) is 2. The van der Waals surface area contributed by atoms with Crippen LogP contribution in [0.3, 0.4) is 0 Å². The van der Waals surface area contributed by atoms with Crippen molar-refractivity contribution in [3.63, 3.8) is 0 Å². The summed E-state index contributed by atoms with van der Waals surface area (Å²) in [4.78, 5) is 40.9. The van der Waals surface area contributed by atoms with Crippen LogP contribution >= 0.6 is 0 Å². The fraction of sp³-hybridized carbons (Fsp3) is 0.348. The largest absolute Gasteiger partial charge is 0.507 e. The number of carbonyl (C=O) groups excluding carboxylic acids is 3. The Morgan fingerprint density at radius 1 is 0.909 bits per heavy atom. The minimum Gasteiger partial charge on any atom is -0.507 e. The van der Waals surface area contributed by atoms with Crippen LogP contribution in [0, 0.1) is 0 Å². The Morgan fingerprint density at radius 2 is 1.48 bits per heavy atom. The lowest BCUT2D eigenvalue weighted by Gasteiger charge is -2.35. The molecule has 2 N–H and O–H groups in total. The molecule has 1 aliphatic heterocycles. The van der Waals surface area contributed by atoms with Gasteiger partial charge in [0.15, 0.2) is 11.5 Å². The number of benzene rings is 2. The Balaban J connectivity index is 1.55. The minimum absolute atomic E-state index is 0.0736. The van der Waals surface area contributed by atoms with E-state index in [9.17, 15) is 19.5 Å². The van der Waals surface area contributed by atoms with Gasteiger partial charge in [0, 0.05) is 31.7 Å². The van der Waals surface area contributed by atoms with Gasteiger partial charge in [-0.2, -0.15) is 0 Å². The van der Waals surface area contributed by atoms with Crippen molar-refractivity contribution in [3.8, 4) is 23.0 Å². The highest BCUT2D eigenvalue weighted by atomic mass is 16.5. The van der Waals surface area contributed by atoms with Gasteiger partial charge in [0.2, 0.25) is 11.7 Å². The summed E-state index contributed by atoms with van der Waals surface area (Å²) >= 11 is 0. The van der Waals surface area contributed by atoms with Gasteiger partial charge in [0.1, 0.15) is 5.75 Å². The first kappa shape index (κ1) is 23.7. The van der Waals surface area contributed by atoms with Gasteiger partial charge in [0.05, 0.1) is 33.4 Å². The summed E-state index contributed by atoms with van der Waals surface area (Å²) in [5.41, 5.74) is 0.491. The standard InChI is InChI=1S/C23H27N3O7/c1-31-18-12-15(13-19(32-2)21(18)33-3)22(29)24-14-20(28)25-8-10-26(11-9-25)23(30)16-6-4-5-7-17(16)27/h4-7,12-13,27H,8-11,14H2,1-3H3,(H,24,29). The van der Waals surface area contributed by atoms with E-state index < -0.39 is 5.91 Å². The minimum atomic E-state index is -0.462. The van der Waals surface area contributed by atoms with Crippen LogP contribution < -0.4 is 19.5 Å². The molecule has 2 aromatic rings. The molecule has 176 valence electrons. The molecule has 0 unspecified atom stereocenters. The Hall–Kier alpha value is -3.95. The van der Waals surface area contributed by atoms with Crippen molar-refractivity contribution in [1.82, 2.24) is 15.1 Å². The number of para-hydroxylation sites is 1. The number of aromatic hydroxyl groups is 1. The summed E-state index contributed by atoms with van der Waals surface area (Å²) < 4.78 is 15.7. The predicted molar refractivity (Wildman–Crippen MR) is 119 cm³/mol. The predicted octanol–water partition coefficient (Wildman–Crippen LogP) is 1.13. The summed E-state index contributed by atoms with van der Waals surface area (Å²) in [7, 11) is 4.37. The molecular weight excluding hydrogens is 430 g/mol. The Morgan fingerprint density at radius 3 is 2.03 bits per heavy atom. The average Bonchev–Trinajstić information content (AvgIpc) is 2.85. The molecule has 0 aromatic heterocycles. The molecule has 1 heterocycles. The number of rotatable bonds is 7. The van der Waals surface area contributed by atoms with Gasteiger partial charge in [-0.25, -0.2) is 0 Å². The number of piperazine rings is 1. The molecule has 1 fully saturated rings. The molecule has 33 heavy (non-hydrogen) atoms. The number of amides is 3. The van der Waals surface area contributed by atoms with Gasteiger partial charge in [-0.05, 0) is 24.3 Å². The highest BCUT2D eigenvalue weighted by Gasteiger charge is 2.26. The zero-order valence-electron chi connectivity index (χ0n) is 18.8. The van der Waals surface area contributed by atoms with E-state index in [4.69, 9.17) is 14.2 Å². The third-order valence-corrected chi connectivity index (χ3v) is 5.38. The SMILES string of the molecule is COc1cc(C(=O)NCC(=O)N2CCN(C(=O)c3ccccc3O)CC2)cc(OC)c1OC. The quantitative estimate of drug-likeness (QED) is 0.640. The fourth-order valence-electron chi connectivity index (χ4n) is 3.57. The Bertz CT molecular complexity index is 1010. The molecule has 0 radical (unpaired) electrons. The highest BCUT2D eigenvalue weighted by molar-refractivity contribution is 5.98. The van der Waals surface area contributed by atoms with E-state index in [1.807, 2.05) is 0 Å². The molecule has 0 bridgehead atoms. The van der Waals surface area contributed by atoms with Gasteiger partial charge in [-0.1, -0.05) is 12.1 Å². The topological polar surface area (TPSA) is 118 Å². The zero-order valence-corrected chi connectivity index (χ0v) is 18.8. The van der Waals surface area contributed by atoms with Crippen LogP contribution in [-0.2, 0) is 4.79 Å². The summed E-state index contributed by atoms with van der Waals surface area (Å²) in [6, 6.07) is 9.37. The second kappa shape index (κ2) is 10.6. The average molecular weight is 457 g/mol. The highest BCUT2D eigenvalue weighted by Crippen LogP contribution is 2.38. The molecular formula is C23H27N3O7. The molecule has 0 atom stereocenters. The van der Waals surface area contributed by atoms with Crippen LogP contribution in [0.1, 0.15) is 20.7 Å². The molecule has 0 aliphatic carbocycles. The third kappa shape index (κ3) is 5.28. The van der Waals surface area contributed by atoms with Gasteiger partial charge in [0.25, 0.3) is 11.8 Å². The van der Waals surface area contributed by atoms with Crippen molar-refractivity contribution in [3.05, 3.63) is 47.5 Å². The first-order valence-electron chi connectivity index (χ1n) is 10.3. The van der Waals surface area contributed by atoms with E-state index in [-0.39, 0.29) is 35.2 Å². The molecule has 10 heteroatoms. The third-order valence-electron chi connectivity index (χ3n) is 5.38. The lowest BCUT2D eigenvalue weighted by atomic mass is 10.1. The van der Waals surface area contributed by atoms with Gasteiger partial charge in [-0.3, -0.25) is 14.4 Å². The number of nitrogens with one attached hydrogen (secondary N) is 1. The van der Waals surface area contributed by atoms with Crippen molar-refractivity contribution in [2.75, 3.05) is 54.1 Å². The van der Waals surface area contributed by atoms with Crippen molar-refractivity contribution in [1.29, 1.82) is 0 Å². The first-order valence-corrected chi connectivity index (χ1v) is 10.3. The molecule has 0 saturated carbocycles. The lowest BCUT2D eigenvalue weighted by Crippen LogP contribution is -2.52. The van der Waals surface area contributed by atoms with Crippen LogP contribution in [0.25, 0.3) is 0 Å². The normalized spacial score (nSPS) is 13.3. The maximum atomic E-state index is 12.6. The monoisotopic (exact) mass is 457 g/mol. The Labute approximate surface area is 191 Å². The molecule has 1 aliphatic rings. The smallest absolute Gasteiger partial charge is 0.257 e. The maximum Gasteiger partial charge on any atom is 0.257 e. The summed E-state index contributed by atoms with van der Waals surface area (Å²) in [5, 5.41) is 12.5. The van der Waals surface area contributed by atoms with Crippen LogP contribution in [-0.4, -0.2) is 86.7 Å². The van der Waals surface area contributed by atoms with Crippen LogP contribution in [0.4, 0.5) is 0 Å². The fourth-order valence-corrected chi connectivity index (χ4v) is 3.57. The molecule has 0 spiro atoms. The second-order valence-corrected chi connectivity index (χ2v) is 7.29. The van der Waals surface area contributed by atoms with E-state index in [1.54, 1.807) is 28.0 Å². The van der Waals surface area contributed by atoms with Crippen molar-refractivity contribution in [2.45, 2.75) is 0 Å². The van der Waals surface area contributed by atoms with Crippen LogP contribution in [0.2, 0.25) is 0 Å². The number of phenols is 1. The van der Waals surface area contributed by atoms with Gasteiger partial charge in [-0.15, -0.1) is 0 Å². The van der Waals surface area contributed by atoms with Crippen LogP contribution in [0.5, 0.6) is 23.0 Å². The van der Waals surface area contributed by atoms with Gasteiger partial charge >= 0.3 is 0 Å². The van der Waals surface area contributed by atoms with E-state index in [0.717, 1.165) is 0 Å².